The van der Waals surface area contributed by atoms with Gasteiger partial charge in [-0.05, 0) is 23.8 Å². The molecule has 0 saturated heterocycles. The lowest BCUT2D eigenvalue weighted by Gasteiger charge is -2.09. The van der Waals surface area contributed by atoms with Gasteiger partial charge in [-0.3, -0.25) is 0 Å². The van der Waals surface area contributed by atoms with Crippen molar-refractivity contribution < 1.29 is 23.1 Å². The van der Waals surface area contributed by atoms with E-state index in [-0.39, 0.29) is 11.1 Å². The summed E-state index contributed by atoms with van der Waals surface area (Å²) in [7, 11) is 0. The lowest BCUT2D eigenvalue weighted by atomic mass is 10.0. The molecule has 2 nitrogen and oxygen atoms in total. The number of carbonyl (C=O) groups is 1. The Balaban J connectivity index is 3.29. The predicted octanol–water partition coefficient (Wildman–Crippen LogP) is 3.35. The molecule has 0 saturated carbocycles. The fraction of sp³-hybridized carbons (Fsp3) is 0.182. The van der Waals surface area contributed by atoms with Crippen molar-refractivity contribution in [3.8, 4) is 0 Å². The summed E-state index contributed by atoms with van der Waals surface area (Å²) < 4.78 is 37.3. The highest BCUT2D eigenvalue weighted by molar-refractivity contribution is 7.80. The Morgan fingerprint density at radius 1 is 1.41 bits per heavy atom. The van der Waals surface area contributed by atoms with Crippen LogP contribution >= 0.6 is 12.6 Å². The number of hydrogen-bond donors (Lipinski definition) is 2. The number of hydrogen-bond acceptors (Lipinski definition) is 2. The zero-order valence-corrected chi connectivity index (χ0v) is 9.42. The molecule has 1 N–H and O–H groups in total. The van der Waals surface area contributed by atoms with Crippen LogP contribution in [0.2, 0.25) is 0 Å². The van der Waals surface area contributed by atoms with Gasteiger partial charge in [0.05, 0.1) is 11.1 Å². The minimum Gasteiger partial charge on any atom is -0.478 e. The highest BCUT2D eigenvalue weighted by atomic mass is 32.1. The molecular formula is C11H9F3O2S. The van der Waals surface area contributed by atoms with Crippen LogP contribution in [0.4, 0.5) is 13.2 Å². The Morgan fingerprint density at radius 2 is 2.06 bits per heavy atom. The largest absolute Gasteiger partial charge is 0.478 e. The first-order valence-corrected chi connectivity index (χ1v) is 5.21. The smallest absolute Gasteiger partial charge is 0.416 e. The summed E-state index contributed by atoms with van der Waals surface area (Å²) in [5.41, 5.74) is -1.03. The summed E-state index contributed by atoms with van der Waals surface area (Å²) in [6, 6.07) is 2.51. The van der Waals surface area contributed by atoms with Gasteiger partial charge in [-0.25, -0.2) is 4.79 Å². The summed E-state index contributed by atoms with van der Waals surface area (Å²) in [5, 5.41) is 8.82. The highest BCUT2D eigenvalue weighted by Gasteiger charge is 2.31. The van der Waals surface area contributed by atoms with Crippen molar-refractivity contribution in [3.63, 3.8) is 0 Å². The molecule has 6 heteroatoms. The minimum atomic E-state index is -4.49. The van der Waals surface area contributed by atoms with Gasteiger partial charge in [0.25, 0.3) is 0 Å². The van der Waals surface area contributed by atoms with Crippen molar-refractivity contribution in [2.24, 2.45) is 0 Å². The van der Waals surface area contributed by atoms with Gasteiger partial charge in [-0.1, -0.05) is 12.2 Å². The van der Waals surface area contributed by atoms with Gasteiger partial charge in [0, 0.05) is 5.75 Å². The molecule has 1 aromatic rings. The SMILES string of the molecule is O=C(O)c1ccc(C(F)(F)F)cc1C=CCS. The number of halogens is 3. The number of thiol groups is 1. The Bertz CT molecular complexity index is 453. The van der Waals surface area contributed by atoms with E-state index >= 15 is 0 Å². The van der Waals surface area contributed by atoms with E-state index in [4.69, 9.17) is 5.11 Å². The molecule has 0 aliphatic rings. The van der Waals surface area contributed by atoms with Crippen molar-refractivity contribution in [1.82, 2.24) is 0 Å². The first kappa shape index (κ1) is 13.6. The van der Waals surface area contributed by atoms with Crippen molar-refractivity contribution in [2.75, 3.05) is 5.75 Å². The van der Waals surface area contributed by atoms with Crippen LogP contribution in [-0.4, -0.2) is 16.8 Å². The summed E-state index contributed by atoms with van der Waals surface area (Å²) in [6.07, 6.45) is -1.70. The maximum Gasteiger partial charge on any atom is 0.416 e. The standard InChI is InChI=1S/C11H9F3O2S/c12-11(13,14)8-3-4-9(10(15)16)7(6-8)2-1-5-17/h1-4,6,17H,5H2,(H,15,16). The van der Waals surface area contributed by atoms with Crippen molar-refractivity contribution >= 4 is 24.7 Å². The van der Waals surface area contributed by atoms with Gasteiger partial charge in [0.15, 0.2) is 0 Å². The highest BCUT2D eigenvalue weighted by Crippen LogP contribution is 2.31. The van der Waals surface area contributed by atoms with Crippen LogP contribution in [0.1, 0.15) is 21.5 Å². The average Bonchev–Trinajstić information content (AvgIpc) is 2.24. The molecule has 0 aliphatic heterocycles. The maximum atomic E-state index is 12.4. The molecule has 0 radical (unpaired) electrons. The van der Waals surface area contributed by atoms with Crippen LogP contribution in [0.5, 0.6) is 0 Å². The van der Waals surface area contributed by atoms with E-state index in [9.17, 15) is 18.0 Å². The molecule has 0 heterocycles. The third-order valence-corrected chi connectivity index (χ3v) is 2.22. The summed E-state index contributed by atoms with van der Waals surface area (Å²) in [5.74, 6) is -0.951. The zero-order chi connectivity index (χ0) is 13.1. The van der Waals surface area contributed by atoms with Crippen molar-refractivity contribution in [1.29, 1.82) is 0 Å². The van der Waals surface area contributed by atoms with E-state index in [0.717, 1.165) is 18.2 Å². The van der Waals surface area contributed by atoms with Crippen LogP contribution < -0.4 is 0 Å². The molecule has 0 bridgehead atoms. The first-order valence-electron chi connectivity index (χ1n) is 4.58. The zero-order valence-electron chi connectivity index (χ0n) is 8.53. The molecular weight excluding hydrogens is 253 g/mol. The molecule has 0 unspecified atom stereocenters. The van der Waals surface area contributed by atoms with Crippen LogP contribution in [-0.2, 0) is 6.18 Å². The van der Waals surface area contributed by atoms with Crippen LogP contribution in [0.25, 0.3) is 6.08 Å². The van der Waals surface area contributed by atoms with E-state index in [1.807, 2.05) is 0 Å². The fourth-order valence-corrected chi connectivity index (χ4v) is 1.36. The van der Waals surface area contributed by atoms with E-state index in [2.05, 4.69) is 12.6 Å². The quantitative estimate of drug-likeness (QED) is 0.820. The van der Waals surface area contributed by atoms with Gasteiger partial charge < -0.3 is 5.11 Å². The fourth-order valence-electron chi connectivity index (χ4n) is 1.25. The number of rotatable bonds is 3. The van der Waals surface area contributed by atoms with E-state index in [1.54, 1.807) is 0 Å². The number of alkyl halides is 3. The molecule has 17 heavy (non-hydrogen) atoms. The van der Waals surface area contributed by atoms with Gasteiger partial charge in [0.1, 0.15) is 0 Å². The molecule has 1 aromatic carbocycles. The molecule has 0 aromatic heterocycles. The number of carboxylic acids is 1. The predicted molar refractivity (Wildman–Crippen MR) is 61.3 cm³/mol. The van der Waals surface area contributed by atoms with Crippen molar-refractivity contribution in [2.45, 2.75) is 6.18 Å². The van der Waals surface area contributed by atoms with Gasteiger partial charge in [0.2, 0.25) is 0 Å². The second-order valence-corrected chi connectivity index (χ2v) is 3.56. The first-order chi connectivity index (χ1) is 7.86. The van der Waals surface area contributed by atoms with Gasteiger partial charge in [-0.2, -0.15) is 25.8 Å². The van der Waals surface area contributed by atoms with Gasteiger partial charge in [-0.15, -0.1) is 0 Å². The summed E-state index contributed by atoms with van der Waals surface area (Å²) in [6.45, 7) is 0. The van der Waals surface area contributed by atoms with Crippen LogP contribution in [0, 0.1) is 0 Å². The molecule has 1 rings (SSSR count). The second kappa shape index (κ2) is 5.27. The van der Waals surface area contributed by atoms with Crippen LogP contribution in [0.3, 0.4) is 0 Å². The van der Waals surface area contributed by atoms with Gasteiger partial charge >= 0.3 is 12.1 Å². The molecule has 0 fully saturated rings. The van der Waals surface area contributed by atoms with E-state index < -0.39 is 17.7 Å². The Kier molecular flexibility index (Phi) is 4.22. The molecule has 0 atom stereocenters. The third kappa shape index (κ3) is 3.52. The van der Waals surface area contributed by atoms with Crippen molar-refractivity contribution in [3.05, 3.63) is 41.0 Å². The topological polar surface area (TPSA) is 37.3 Å². The maximum absolute atomic E-state index is 12.4. The van der Waals surface area contributed by atoms with Crippen LogP contribution in [0.15, 0.2) is 24.3 Å². The number of benzene rings is 1. The summed E-state index contributed by atoms with van der Waals surface area (Å²) in [4.78, 5) is 10.8. The Morgan fingerprint density at radius 3 is 2.53 bits per heavy atom. The lowest BCUT2D eigenvalue weighted by Crippen LogP contribution is -2.07. The third-order valence-electron chi connectivity index (χ3n) is 2.01. The molecule has 0 amide bonds. The normalized spacial score (nSPS) is 12.0. The Hall–Kier alpha value is -1.43. The number of aromatic carboxylic acids is 1. The minimum absolute atomic E-state index is 0.0152. The Labute approximate surface area is 101 Å². The lowest BCUT2D eigenvalue weighted by molar-refractivity contribution is -0.137. The molecule has 0 aliphatic carbocycles. The average molecular weight is 262 g/mol. The molecule has 92 valence electrons. The number of carboxylic acid groups (broad SMARTS) is 1. The second-order valence-electron chi connectivity index (χ2n) is 3.19. The monoisotopic (exact) mass is 262 g/mol. The van der Waals surface area contributed by atoms with E-state index in [0.29, 0.717) is 5.75 Å². The molecule has 0 spiro atoms. The summed E-state index contributed by atoms with van der Waals surface area (Å²) >= 11 is 3.86. The van der Waals surface area contributed by atoms with E-state index in [1.165, 1.54) is 12.2 Å².